The second-order valence-corrected chi connectivity index (χ2v) is 9.20. The van der Waals surface area contributed by atoms with Gasteiger partial charge in [-0.3, -0.25) is 5.41 Å². The summed E-state index contributed by atoms with van der Waals surface area (Å²) >= 11 is 0. The van der Waals surface area contributed by atoms with Gasteiger partial charge in [-0.15, -0.1) is 0 Å². The molecule has 2 aromatic carbocycles. The predicted octanol–water partition coefficient (Wildman–Crippen LogP) is 4.17. The Balaban J connectivity index is 1.10. The second kappa shape index (κ2) is 9.85. The lowest BCUT2D eigenvalue weighted by Crippen LogP contribution is -2.40. The van der Waals surface area contributed by atoms with E-state index in [-0.39, 0.29) is 11.8 Å². The third-order valence-electron chi connectivity index (χ3n) is 6.75. The van der Waals surface area contributed by atoms with Crippen LogP contribution in [0.5, 0.6) is 5.75 Å². The molecule has 0 spiro atoms. The number of hydrogen-bond acceptors (Lipinski definition) is 5. The van der Waals surface area contributed by atoms with Gasteiger partial charge in [-0.2, -0.15) is 0 Å². The number of hydrogen-bond donors (Lipinski definition) is 2. The normalized spacial score (nSPS) is 16.0. The van der Waals surface area contributed by atoms with Crippen LogP contribution in [-0.4, -0.2) is 42.9 Å². The van der Waals surface area contributed by atoms with E-state index in [1.807, 2.05) is 18.2 Å². The maximum absolute atomic E-state index is 7.98. The number of ether oxygens (including phenoxy) is 2. The smallest absolute Gasteiger partial charge is 0.336 e. The standard InChI is InChI=1S/C28H31N3O3/c1-19(29)33-28(30)27-18-24-25(7-3-8-26(24)34-27)32-16-4-13-31-14-11-21(12-15-31)23-10-9-20-5-2-6-22(20)17-23/h2-3,6-10,17-18,21,29-30H,4-5,11-16H2,1H3/p+1. The third kappa shape index (κ3) is 4.92. The van der Waals surface area contributed by atoms with E-state index < -0.39 is 0 Å². The van der Waals surface area contributed by atoms with Crippen molar-refractivity contribution in [2.24, 2.45) is 0 Å². The minimum atomic E-state index is -0.109. The van der Waals surface area contributed by atoms with Crippen LogP contribution in [0.15, 0.2) is 53.0 Å². The molecule has 0 atom stereocenters. The minimum absolute atomic E-state index is 0.109. The number of likely N-dealkylation sites (tertiary alicyclic amines) is 1. The number of nitrogens with zero attached hydrogens (tertiary/aromatic N) is 1. The van der Waals surface area contributed by atoms with Crippen molar-refractivity contribution in [3.05, 3.63) is 71.0 Å². The van der Waals surface area contributed by atoms with Gasteiger partial charge in [0.1, 0.15) is 11.3 Å². The van der Waals surface area contributed by atoms with E-state index in [0.717, 1.165) is 43.6 Å². The Labute approximate surface area is 200 Å². The number of nitrogens with one attached hydrogen (secondary N) is 1. The molecule has 0 unspecified atom stereocenters. The molecular weight excluding hydrogens is 426 g/mol. The highest BCUT2D eigenvalue weighted by molar-refractivity contribution is 6.00. The van der Waals surface area contributed by atoms with Crippen molar-refractivity contribution in [1.29, 1.82) is 5.41 Å². The Hall–Kier alpha value is -3.38. The maximum atomic E-state index is 7.98. The van der Waals surface area contributed by atoms with Crippen LogP contribution >= 0.6 is 0 Å². The van der Waals surface area contributed by atoms with Gasteiger partial charge in [0, 0.05) is 12.6 Å². The van der Waals surface area contributed by atoms with Gasteiger partial charge in [0.2, 0.25) is 0 Å². The molecule has 0 bridgehead atoms. The third-order valence-corrected chi connectivity index (χ3v) is 6.75. The predicted molar refractivity (Wildman–Crippen MR) is 134 cm³/mol. The van der Waals surface area contributed by atoms with Gasteiger partial charge in [0.25, 0.3) is 5.90 Å². The first-order valence-electron chi connectivity index (χ1n) is 12.1. The van der Waals surface area contributed by atoms with Crippen molar-refractivity contribution in [2.45, 2.75) is 38.5 Å². The van der Waals surface area contributed by atoms with E-state index in [0.29, 0.717) is 23.9 Å². The Bertz CT molecular complexity index is 1230. The number of piperidine rings is 1. The highest BCUT2D eigenvalue weighted by atomic mass is 16.5. The average Bonchev–Trinajstić information content (AvgIpc) is 3.49. The van der Waals surface area contributed by atoms with E-state index >= 15 is 0 Å². The first-order valence-corrected chi connectivity index (χ1v) is 12.1. The highest BCUT2D eigenvalue weighted by Crippen LogP contribution is 2.32. The van der Waals surface area contributed by atoms with Crippen LogP contribution in [0.1, 0.15) is 54.6 Å². The molecular formula is C28H32N3O3+. The molecule has 2 aliphatic rings. The Morgan fingerprint density at radius 1 is 1.18 bits per heavy atom. The zero-order valence-electron chi connectivity index (χ0n) is 19.7. The topological polar surface area (TPSA) is 84.3 Å². The van der Waals surface area contributed by atoms with Crippen molar-refractivity contribution < 1.29 is 19.3 Å². The molecule has 3 aromatic rings. The van der Waals surface area contributed by atoms with Crippen LogP contribution in [0.4, 0.5) is 0 Å². The fourth-order valence-electron chi connectivity index (χ4n) is 4.96. The Morgan fingerprint density at radius 3 is 2.85 bits per heavy atom. The first-order chi connectivity index (χ1) is 16.6. The van der Waals surface area contributed by atoms with E-state index in [1.165, 1.54) is 29.5 Å². The molecule has 176 valence electrons. The summed E-state index contributed by atoms with van der Waals surface area (Å²) < 4.78 is 17.0. The molecule has 6 nitrogen and oxygen atoms in total. The molecule has 0 saturated carbocycles. The number of rotatable bonds is 7. The molecule has 6 heteroatoms. The maximum Gasteiger partial charge on any atom is 0.336 e. The summed E-state index contributed by atoms with van der Waals surface area (Å²) in [6.45, 7) is 5.55. The molecule has 2 heterocycles. The summed E-state index contributed by atoms with van der Waals surface area (Å²) in [5, 5.41) is 14.4. The number of benzene rings is 2. The van der Waals surface area contributed by atoms with Crippen LogP contribution in [0, 0.1) is 5.41 Å². The van der Waals surface area contributed by atoms with Crippen LogP contribution < -0.4 is 10.1 Å². The largest absolute Gasteiger partial charge is 0.493 e. The number of furan rings is 1. The summed E-state index contributed by atoms with van der Waals surface area (Å²) in [4.78, 5) is 2.55. The molecule has 1 fully saturated rings. The van der Waals surface area contributed by atoms with Crippen molar-refractivity contribution in [1.82, 2.24) is 4.90 Å². The quantitative estimate of drug-likeness (QED) is 0.316. The van der Waals surface area contributed by atoms with Crippen molar-refractivity contribution >= 4 is 28.8 Å². The number of allylic oxidation sites excluding steroid dienone is 1. The van der Waals surface area contributed by atoms with Crippen molar-refractivity contribution in [3.8, 4) is 5.75 Å². The summed E-state index contributed by atoms with van der Waals surface area (Å²) in [6.07, 6.45) is 9.00. The van der Waals surface area contributed by atoms with E-state index in [1.54, 1.807) is 13.0 Å². The van der Waals surface area contributed by atoms with Gasteiger partial charge < -0.3 is 18.8 Å². The average molecular weight is 459 g/mol. The summed E-state index contributed by atoms with van der Waals surface area (Å²) in [6, 6.07) is 14.5. The molecule has 1 saturated heterocycles. The lowest BCUT2D eigenvalue weighted by atomic mass is 9.88. The van der Waals surface area contributed by atoms with Gasteiger partial charge in [-0.1, -0.05) is 36.4 Å². The molecule has 0 radical (unpaired) electrons. The molecule has 3 N–H and O–H groups in total. The Kier molecular flexibility index (Phi) is 6.50. The van der Waals surface area contributed by atoms with Crippen LogP contribution in [-0.2, 0) is 11.2 Å². The number of fused-ring (bicyclic) bond motifs is 2. The molecule has 5 rings (SSSR count). The SMILES string of the molecule is CC(=[NH2+])OC(=N)c1cc2c(OCCCN3CCC(c4ccc5c(c4)C=CC5)CC3)cccc2o1. The van der Waals surface area contributed by atoms with E-state index in [9.17, 15) is 0 Å². The fourth-order valence-corrected chi connectivity index (χ4v) is 4.96. The highest BCUT2D eigenvalue weighted by Gasteiger charge is 2.21. The number of nitrogens with two attached hydrogens (primary N) is 1. The van der Waals surface area contributed by atoms with Crippen LogP contribution in [0.3, 0.4) is 0 Å². The zero-order chi connectivity index (χ0) is 23.5. The summed E-state index contributed by atoms with van der Waals surface area (Å²) in [5.74, 6) is 1.86. The zero-order valence-corrected chi connectivity index (χ0v) is 19.7. The summed E-state index contributed by atoms with van der Waals surface area (Å²) in [5.41, 5.74) is 5.03. The van der Waals surface area contributed by atoms with Crippen LogP contribution in [0.2, 0.25) is 0 Å². The lowest BCUT2D eigenvalue weighted by molar-refractivity contribution is -0.133. The van der Waals surface area contributed by atoms with Crippen LogP contribution in [0.25, 0.3) is 17.0 Å². The Morgan fingerprint density at radius 2 is 2.03 bits per heavy atom. The lowest BCUT2D eigenvalue weighted by Gasteiger charge is -2.32. The molecule has 1 aromatic heterocycles. The first kappa shape index (κ1) is 22.4. The van der Waals surface area contributed by atoms with Gasteiger partial charge in [-0.25, -0.2) is 5.41 Å². The van der Waals surface area contributed by atoms with Crippen molar-refractivity contribution in [3.63, 3.8) is 0 Å². The van der Waals surface area contributed by atoms with Crippen molar-refractivity contribution in [2.75, 3.05) is 26.2 Å². The van der Waals surface area contributed by atoms with Gasteiger partial charge in [0.15, 0.2) is 5.76 Å². The second-order valence-electron chi connectivity index (χ2n) is 9.20. The molecule has 1 aliphatic heterocycles. The van der Waals surface area contributed by atoms with Gasteiger partial charge >= 0.3 is 5.90 Å². The van der Waals surface area contributed by atoms with E-state index in [4.69, 9.17) is 24.7 Å². The van der Waals surface area contributed by atoms with Gasteiger partial charge in [0.05, 0.1) is 18.9 Å². The molecule has 1 aliphatic carbocycles. The fraction of sp³-hybridized carbons (Fsp3) is 0.357. The molecule has 34 heavy (non-hydrogen) atoms. The summed E-state index contributed by atoms with van der Waals surface area (Å²) in [7, 11) is 0. The van der Waals surface area contributed by atoms with E-state index in [2.05, 4.69) is 35.3 Å². The monoisotopic (exact) mass is 458 g/mol. The van der Waals surface area contributed by atoms with Gasteiger partial charge in [-0.05, 0) is 73.5 Å². The molecule has 0 amide bonds. The minimum Gasteiger partial charge on any atom is -0.493 e.